The lowest BCUT2D eigenvalue weighted by Crippen LogP contribution is -1.94. The average molecular weight is 331 g/mol. The van der Waals surface area contributed by atoms with E-state index in [1.54, 1.807) is 29.9 Å². The van der Waals surface area contributed by atoms with E-state index in [0.29, 0.717) is 13.0 Å². The topological polar surface area (TPSA) is 67.4 Å². The van der Waals surface area contributed by atoms with Gasteiger partial charge in [-0.3, -0.25) is 9.97 Å². The molecule has 0 unspecified atom stereocenters. The van der Waals surface area contributed by atoms with Gasteiger partial charge < -0.3 is 4.57 Å². The summed E-state index contributed by atoms with van der Waals surface area (Å²) in [5.41, 5.74) is 3.90. The molecule has 0 saturated carbocycles. The van der Waals surface area contributed by atoms with Gasteiger partial charge in [0.1, 0.15) is 10.7 Å². The summed E-state index contributed by atoms with van der Waals surface area (Å²) in [7, 11) is 0. The minimum Gasteiger partial charge on any atom is -0.346 e. The number of hydrogen-bond donors (Lipinski definition) is 0. The van der Waals surface area contributed by atoms with Gasteiger partial charge in [-0.05, 0) is 6.07 Å². The van der Waals surface area contributed by atoms with Crippen LogP contribution in [0.3, 0.4) is 0 Å². The molecule has 4 aromatic rings. The van der Waals surface area contributed by atoms with E-state index >= 15 is 0 Å². The van der Waals surface area contributed by atoms with Crippen LogP contribution in [0.25, 0.3) is 32.9 Å². The largest absolute Gasteiger partial charge is 0.346 e. The summed E-state index contributed by atoms with van der Waals surface area (Å²) in [5, 5.41) is 12.9. The molecule has 0 fully saturated rings. The molecule has 0 atom stereocenters. The van der Waals surface area contributed by atoms with Crippen molar-refractivity contribution in [3.63, 3.8) is 0 Å². The molecule has 0 bridgehead atoms. The summed E-state index contributed by atoms with van der Waals surface area (Å²) in [6.07, 6.45) is 7.61. The zero-order valence-corrected chi connectivity index (χ0v) is 13.6. The Hall–Kier alpha value is -3.04. The van der Waals surface area contributed by atoms with Gasteiger partial charge in [0.25, 0.3) is 0 Å². The van der Waals surface area contributed by atoms with E-state index in [0.717, 1.165) is 32.9 Å². The van der Waals surface area contributed by atoms with Crippen LogP contribution in [0, 0.1) is 11.3 Å². The van der Waals surface area contributed by atoms with Crippen LogP contribution in [0.15, 0.2) is 54.4 Å². The molecule has 5 nitrogen and oxygen atoms in total. The molecule has 0 amide bonds. The number of benzene rings is 1. The first kappa shape index (κ1) is 14.5. The number of aryl methyl sites for hydroxylation is 1. The molecule has 6 heteroatoms. The summed E-state index contributed by atoms with van der Waals surface area (Å²) < 4.78 is 2.12. The molecule has 0 radical (unpaired) electrons. The summed E-state index contributed by atoms with van der Waals surface area (Å²) in [6, 6.07) is 10.4. The van der Waals surface area contributed by atoms with Gasteiger partial charge in [-0.15, -0.1) is 11.3 Å². The van der Waals surface area contributed by atoms with Crippen molar-refractivity contribution in [1.29, 1.82) is 5.26 Å². The average Bonchev–Trinajstić information content (AvgIpc) is 3.26. The standard InChI is InChI=1S/C18H13N5S/c19-6-3-9-23-11-14(13-4-1-2-5-17(13)23)16-12-24-18(22-16)15-10-20-7-8-21-15/h1-2,4-5,7-8,10-12H,3,9H2. The van der Waals surface area contributed by atoms with Crippen molar-refractivity contribution in [2.75, 3.05) is 0 Å². The van der Waals surface area contributed by atoms with Gasteiger partial charge in [0.05, 0.1) is 24.4 Å². The van der Waals surface area contributed by atoms with E-state index in [9.17, 15) is 0 Å². The SMILES string of the molecule is N#CCCn1cc(-c2csc(-c3cnccn3)n2)c2ccccc21. The Kier molecular flexibility index (Phi) is 3.77. The Balaban J connectivity index is 1.80. The Morgan fingerprint density at radius 2 is 2.08 bits per heavy atom. The molecule has 1 aromatic carbocycles. The lowest BCUT2D eigenvalue weighted by Gasteiger charge is -2.00. The van der Waals surface area contributed by atoms with Gasteiger partial charge in [0.15, 0.2) is 0 Å². The first-order chi connectivity index (χ1) is 11.9. The van der Waals surface area contributed by atoms with Crippen LogP contribution in [0.4, 0.5) is 0 Å². The van der Waals surface area contributed by atoms with E-state index in [-0.39, 0.29) is 0 Å². The van der Waals surface area contributed by atoms with Gasteiger partial charge in [-0.1, -0.05) is 18.2 Å². The number of nitriles is 1. The van der Waals surface area contributed by atoms with Crippen LogP contribution in [0.2, 0.25) is 0 Å². The van der Waals surface area contributed by atoms with Crippen molar-refractivity contribution in [3.8, 4) is 28.0 Å². The Bertz CT molecular complexity index is 1030. The van der Waals surface area contributed by atoms with Crippen molar-refractivity contribution in [3.05, 3.63) is 54.4 Å². The fourth-order valence-electron chi connectivity index (χ4n) is 2.73. The third-order valence-electron chi connectivity index (χ3n) is 3.82. The fraction of sp³-hybridized carbons (Fsp3) is 0.111. The number of fused-ring (bicyclic) bond motifs is 1. The van der Waals surface area contributed by atoms with Crippen LogP contribution in [0.1, 0.15) is 6.42 Å². The normalized spacial score (nSPS) is 10.8. The smallest absolute Gasteiger partial charge is 0.144 e. The number of nitrogens with zero attached hydrogens (tertiary/aromatic N) is 5. The third kappa shape index (κ3) is 2.55. The predicted molar refractivity (Wildman–Crippen MR) is 94.3 cm³/mol. The van der Waals surface area contributed by atoms with E-state index in [4.69, 9.17) is 10.2 Å². The highest BCUT2D eigenvalue weighted by Gasteiger charge is 2.14. The van der Waals surface area contributed by atoms with Crippen molar-refractivity contribution >= 4 is 22.2 Å². The van der Waals surface area contributed by atoms with E-state index in [2.05, 4.69) is 38.9 Å². The second-order valence-electron chi connectivity index (χ2n) is 5.29. The molecule has 0 spiro atoms. The van der Waals surface area contributed by atoms with Crippen LogP contribution in [-0.2, 0) is 6.54 Å². The van der Waals surface area contributed by atoms with Gasteiger partial charge in [0.2, 0.25) is 0 Å². The molecular weight excluding hydrogens is 318 g/mol. The highest BCUT2D eigenvalue weighted by molar-refractivity contribution is 7.13. The Morgan fingerprint density at radius 3 is 2.92 bits per heavy atom. The van der Waals surface area contributed by atoms with Crippen LogP contribution in [0.5, 0.6) is 0 Å². The molecule has 3 heterocycles. The zero-order valence-electron chi connectivity index (χ0n) is 12.8. The first-order valence-corrected chi connectivity index (χ1v) is 8.42. The zero-order chi connectivity index (χ0) is 16.4. The van der Waals surface area contributed by atoms with Crippen LogP contribution >= 0.6 is 11.3 Å². The summed E-state index contributed by atoms with van der Waals surface area (Å²) in [4.78, 5) is 13.1. The fourth-order valence-corrected chi connectivity index (χ4v) is 3.51. The van der Waals surface area contributed by atoms with Gasteiger partial charge in [0, 0.05) is 47.0 Å². The molecule has 116 valence electrons. The first-order valence-electron chi connectivity index (χ1n) is 7.54. The Morgan fingerprint density at radius 1 is 1.17 bits per heavy atom. The van der Waals surface area contributed by atoms with Crippen LogP contribution < -0.4 is 0 Å². The molecule has 24 heavy (non-hydrogen) atoms. The second kappa shape index (κ2) is 6.22. The van der Waals surface area contributed by atoms with E-state index < -0.39 is 0 Å². The molecule has 0 aliphatic carbocycles. The van der Waals surface area contributed by atoms with E-state index in [1.165, 1.54) is 0 Å². The molecular formula is C18H13N5S. The van der Waals surface area contributed by atoms with Gasteiger partial charge in [-0.25, -0.2) is 4.98 Å². The Labute approximate surface area is 142 Å². The maximum atomic E-state index is 8.87. The van der Waals surface area contributed by atoms with E-state index in [1.807, 2.05) is 17.5 Å². The maximum Gasteiger partial charge on any atom is 0.144 e. The number of rotatable bonds is 4. The second-order valence-corrected chi connectivity index (χ2v) is 6.15. The number of thiazole rings is 1. The van der Waals surface area contributed by atoms with Crippen molar-refractivity contribution in [2.24, 2.45) is 0 Å². The number of hydrogen-bond acceptors (Lipinski definition) is 5. The third-order valence-corrected chi connectivity index (χ3v) is 4.68. The molecule has 4 rings (SSSR count). The van der Waals surface area contributed by atoms with Gasteiger partial charge in [-0.2, -0.15) is 5.26 Å². The monoisotopic (exact) mass is 331 g/mol. The lowest BCUT2D eigenvalue weighted by atomic mass is 10.1. The predicted octanol–water partition coefficient (Wildman–Crippen LogP) is 4.14. The van der Waals surface area contributed by atoms with Gasteiger partial charge >= 0.3 is 0 Å². The van der Waals surface area contributed by atoms with Crippen molar-refractivity contribution < 1.29 is 0 Å². The summed E-state index contributed by atoms with van der Waals surface area (Å²) in [6.45, 7) is 0.679. The summed E-state index contributed by atoms with van der Waals surface area (Å²) in [5.74, 6) is 0. The molecule has 0 aliphatic heterocycles. The van der Waals surface area contributed by atoms with Crippen LogP contribution in [-0.4, -0.2) is 19.5 Å². The minimum absolute atomic E-state index is 0.486. The highest BCUT2D eigenvalue weighted by atomic mass is 32.1. The number of aromatic nitrogens is 4. The highest BCUT2D eigenvalue weighted by Crippen LogP contribution is 2.33. The van der Waals surface area contributed by atoms with Crippen molar-refractivity contribution in [2.45, 2.75) is 13.0 Å². The number of para-hydroxylation sites is 1. The lowest BCUT2D eigenvalue weighted by molar-refractivity contribution is 0.745. The molecule has 0 aliphatic rings. The molecule has 3 aromatic heterocycles. The quantitative estimate of drug-likeness (QED) is 0.564. The van der Waals surface area contributed by atoms with Crippen molar-refractivity contribution in [1.82, 2.24) is 19.5 Å². The molecule has 0 N–H and O–H groups in total. The molecule has 0 saturated heterocycles. The minimum atomic E-state index is 0.486. The summed E-state index contributed by atoms with van der Waals surface area (Å²) >= 11 is 1.56. The maximum absolute atomic E-state index is 8.87.